The molecule has 0 atom stereocenters. The normalized spacial score (nSPS) is 11.5. The van der Waals surface area contributed by atoms with Gasteiger partial charge in [0.1, 0.15) is 0 Å². The summed E-state index contributed by atoms with van der Waals surface area (Å²) in [7, 11) is 0. The average molecular weight is 346 g/mol. The summed E-state index contributed by atoms with van der Waals surface area (Å²) < 4.78 is 37.9. The van der Waals surface area contributed by atoms with Crippen molar-refractivity contribution in [3.63, 3.8) is 0 Å². The van der Waals surface area contributed by atoms with Crippen LogP contribution in [0.25, 0.3) is 0 Å². The molecule has 1 aromatic carbocycles. The number of ketones is 1. The first kappa shape index (κ1) is 12.7. The van der Waals surface area contributed by atoms with Crippen molar-refractivity contribution >= 4 is 37.6 Å². The molecule has 6 heteroatoms. The molecular formula is C9H5Br2F3O. The van der Waals surface area contributed by atoms with Crippen LogP contribution in [0.2, 0.25) is 0 Å². The molecule has 1 aromatic rings. The van der Waals surface area contributed by atoms with Gasteiger partial charge in [-0.2, -0.15) is 13.2 Å². The summed E-state index contributed by atoms with van der Waals surface area (Å²) in [5.74, 6) is -0.588. The minimum absolute atomic E-state index is 0.127. The zero-order valence-electron chi connectivity index (χ0n) is 7.24. The van der Waals surface area contributed by atoms with Crippen molar-refractivity contribution in [2.75, 3.05) is 5.33 Å². The second kappa shape index (κ2) is 4.65. The highest BCUT2D eigenvalue weighted by atomic mass is 79.9. The van der Waals surface area contributed by atoms with E-state index in [4.69, 9.17) is 0 Å². The second-order valence-corrected chi connectivity index (χ2v) is 4.22. The van der Waals surface area contributed by atoms with Gasteiger partial charge in [0.15, 0.2) is 5.78 Å². The van der Waals surface area contributed by atoms with Gasteiger partial charge >= 0.3 is 6.18 Å². The minimum Gasteiger partial charge on any atom is -0.293 e. The minimum atomic E-state index is -4.52. The molecule has 15 heavy (non-hydrogen) atoms. The van der Waals surface area contributed by atoms with Gasteiger partial charge in [-0.05, 0) is 18.2 Å². The lowest BCUT2D eigenvalue weighted by molar-refractivity contribution is -0.137. The average Bonchev–Trinajstić information content (AvgIpc) is 2.15. The monoisotopic (exact) mass is 344 g/mol. The van der Waals surface area contributed by atoms with E-state index in [0.29, 0.717) is 4.47 Å². The number of Topliss-reactive ketones (excluding diaryl/α,β-unsaturated/α-hetero) is 1. The number of alkyl halides is 4. The number of halogens is 5. The number of carbonyl (C=O) groups excluding carboxylic acids is 1. The summed E-state index contributed by atoms with van der Waals surface area (Å²) in [6, 6.07) is 3.47. The van der Waals surface area contributed by atoms with Crippen LogP contribution >= 0.6 is 31.9 Å². The van der Waals surface area contributed by atoms with Crippen LogP contribution in [0.1, 0.15) is 15.9 Å². The fourth-order valence-corrected chi connectivity index (χ4v) is 1.73. The molecule has 0 aliphatic rings. The zero-order chi connectivity index (χ0) is 11.6. The quantitative estimate of drug-likeness (QED) is 0.584. The summed E-state index contributed by atoms with van der Waals surface area (Å²) in [6.45, 7) is 0. The SMILES string of the molecule is O=C(CBr)c1ccc(Br)cc1C(F)(F)F. The third-order valence-electron chi connectivity index (χ3n) is 1.71. The van der Waals surface area contributed by atoms with E-state index in [-0.39, 0.29) is 10.9 Å². The molecular weight excluding hydrogens is 341 g/mol. The summed E-state index contributed by atoms with van der Waals surface area (Å²) in [5.41, 5.74) is -1.23. The molecule has 0 N–H and O–H groups in total. The Labute approximate surface area is 101 Å². The van der Waals surface area contributed by atoms with Crippen molar-refractivity contribution in [2.45, 2.75) is 6.18 Å². The van der Waals surface area contributed by atoms with Crippen LogP contribution in [-0.2, 0) is 6.18 Å². The van der Waals surface area contributed by atoms with Gasteiger partial charge < -0.3 is 0 Å². The maximum absolute atomic E-state index is 12.5. The number of hydrogen-bond donors (Lipinski definition) is 0. The van der Waals surface area contributed by atoms with E-state index in [0.717, 1.165) is 12.1 Å². The fraction of sp³-hybridized carbons (Fsp3) is 0.222. The smallest absolute Gasteiger partial charge is 0.293 e. The number of benzene rings is 1. The Morgan fingerprint density at radius 2 is 1.93 bits per heavy atom. The van der Waals surface area contributed by atoms with Gasteiger partial charge in [0.05, 0.1) is 10.9 Å². The van der Waals surface area contributed by atoms with Gasteiger partial charge in [-0.15, -0.1) is 0 Å². The second-order valence-electron chi connectivity index (χ2n) is 2.74. The van der Waals surface area contributed by atoms with E-state index in [1.165, 1.54) is 6.07 Å². The first-order valence-corrected chi connectivity index (χ1v) is 5.73. The number of carbonyl (C=O) groups is 1. The van der Waals surface area contributed by atoms with Gasteiger partial charge in [-0.25, -0.2) is 0 Å². The molecule has 0 aliphatic carbocycles. The summed E-state index contributed by atoms with van der Waals surface area (Å²) in [6.07, 6.45) is -4.52. The van der Waals surface area contributed by atoms with Crippen LogP contribution in [0.4, 0.5) is 13.2 Å². The lowest BCUT2D eigenvalue weighted by Crippen LogP contribution is -2.13. The highest BCUT2D eigenvalue weighted by Gasteiger charge is 2.34. The predicted molar refractivity (Wildman–Crippen MR) is 57.3 cm³/mol. The molecule has 1 nitrogen and oxygen atoms in total. The first-order valence-electron chi connectivity index (χ1n) is 3.82. The van der Waals surface area contributed by atoms with Crippen molar-refractivity contribution in [3.8, 4) is 0 Å². The van der Waals surface area contributed by atoms with Gasteiger partial charge in [0.25, 0.3) is 0 Å². The summed E-state index contributed by atoms with van der Waals surface area (Å²) in [4.78, 5) is 11.2. The molecule has 0 spiro atoms. The Hall–Kier alpha value is -0.360. The molecule has 0 aromatic heterocycles. The van der Waals surface area contributed by atoms with E-state index in [1.807, 2.05) is 0 Å². The van der Waals surface area contributed by atoms with E-state index >= 15 is 0 Å². The molecule has 0 amide bonds. The van der Waals surface area contributed by atoms with E-state index in [2.05, 4.69) is 31.9 Å². The lowest BCUT2D eigenvalue weighted by atomic mass is 10.0. The van der Waals surface area contributed by atoms with Gasteiger partial charge in [0, 0.05) is 10.0 Å². The Bertz CT molecular complexity index is 387. The van der Waals surface area contributed by atoms with Gasteiger partial charge in [-0.3, -0.25) is 4.79 Å². The molecule has 0 heterocycles. The number of rotatable bonds is 2. The first-order chi connectivity index (χ1) is 6.86. The molecule has 0 bridgehead atoms. The third-order valence-corrected chi connectivity index (χ3v) is 2.71. The van der Waals surface area contributed by atoms with E-state index in [1.54, 1.807) is 0 Å². The molecule has 0 unspecified atom stereocenters. The maximum atomic E-state index is 12.5. The Morgan fingerprint density at radius 3 is 2.40 bits per heavy atom. The van der Waals surface area contributed by atoms with Crippen LogP contribution < -0.4 is 0 Å². The van der Waals surface area contributed by atoms with Crippen LogP contribution in [0, 0.1) is 0 Å². The largest absolute Gasteiger partial charge is 0.417 e. The van der Waals surface area contributed by atoms with Crippen LogP contribution in [-0.4, -0.2) is 11.1 Å². The molecule has 0 saturated heterocycles. The van der Waals surface area contributed by atoms with Gasteiger partial charge in [-0.1, -0.05) is 31.9 Å². The maximum Gasteiger partial charge on any atom is 0.417 e. The standard InChI is InChI=1S/C9H5Br2F3O/c10-4-8(15)6-2-1-5(11)3-7(6)9(12,13)14/h1-3H,4H2. The topological polar surface area (TPSA) is 17.1 Å². The molecule has 0 radical (unpaired) electrons. The van der Waals surface area contributed by atoms with E-state index in [9.17, 15) is 18.0 Å². The Morgan fingerprint density at radius 1 is 1.33 bits per heavy atom. The number of hydrogen-bond acceptors (Lipinski definition) is 1. The lowest BCUT2D eigenvalue weighted by Gasteiger charge is -2.11. The molecule has 0 aliphatic heterocycles. The van der Waals surface area contributed by atoms with Crippen LogP contribution in [0.15, 0.2) is 22.7 Å². The van der Waals surface area contributed by atoms with Crippen molar-refractivity contribution in [1.82, 2.24) is 0 Å². The van der Waals surface area contributed by atoms with Crippen LogP contribution in [0.3, 0.4) is 0 Å². The fourth-order valence-electron chi connectivity index (χ4n) is 1.07. The van der Waals surface area contributed by atoms with Gasteiger partial charge in [0.2, 0.25) is 0 Å². The summed E-state index contributed by atoms with van der Waals surface area (Å²) in [5, 5.41) is -0.127. The van der Waals surface area contributed by atoms with Crippen molar-refractivity contribution in [2.24, 2.45) is 0 Å². The third kappa shape index (κ3) is 3.04. The zero-order valence-corrected chi connectivity index (χ0v) is 10.4. The highest BCUT2D eigenvalue weighted by Crippen LogP contribution is 2.34. The molecule has 0 saturated carbocycles. The predicted octanol–water partition coefficient (Wildman–Crippen LogP) is 4.05. The van der Waals surface area contributed by atoms with E-state index < -0.39 is 17.5 Å². The van der Waals surface area contributed by atoms with Crippen molar-refractivity contribution in [1.29, 1.82) is 0 Å². The van der Waals surface area contributed by atoms with Crippen LogP contribution in [0.5, 0.6) is 0 Å². The Kier molecular flexibility index (Phi) is 3.94. The molecule has 0 fully saturated rings. The Balaban J connectivity index is 3.33. The highest BCUT2D eigenvalue weighted by molar-refractivity contribution is 9.10. The summed E-state index contributed by atoms with van der Waals surface area (Å²) >= 11 is 5.78. The van der Waals surface area contributed by atoms with Crippen molar-refractivity contribution in [3.05, 3.63) is 33.8 Å². The molecule has 82 valence electrons. The van der Waals surface area contributed by atoms with Crippen molar-refractivity contribution < 1.29 is 18.0 Å². The molecule has 1 rings (SSSR count).